The predicted octanol–water partition coefficient (Wildman–Crippen LogP) is 2.50. The van der Waals surface area contributed by atoms with Gasteiger partial charge in [-0.15, -0.1) is 0 Å². The van der Waals surface area contributed by atoms with Gasteiger partial charge >= 0.3 is 6.09 Å². The van der Waals surface area contributed by atoms with E-state index in [9.17, 15) is 18.8 Å². The normalized spacial score (nSPS) is 17.5. The van der Waals surface area contributed by atoms with Crippen molar-refractivity contribution >= 4 is 32.6 Å². The van der Waals surface area contributed by atoms with Crippen molar-refractivity contribution in [3.05, 3.63) is 40.2 Å². The van der Waals surface area contributed by atoms with E-state index in [-0.39, 0.29) is 45.5 Å². The lowest BCUT2D eigenvalue weighted by molar-refractivity contribution is -0.126. The first-order chi connectivity index (χ1) is 14.5. The van der Waals surface area contributed by atoms with Gasteiger partial charge < -0.3 is 19.2 Å². The Kier molecular flexibility index (Phi) is 6.78. The number of carbonyl (C=O) groups is 2. The summed E-state index contributed by atoms with van der Waals surface area (Å²) in [5, 5.41) is 0.181. The minimum atomic E-state index is -0.569. The van der Waals surface area contributed by atoms with E-state index < -0.39 is 17.0 Å². The largest absolute Gasteiger partial charge is 0.444 e. The summed E-state index contributed by atoms with van der Waals surface area (Å²) >= 11 is 0. The Morgan fingerprint density at radius 3 is 2.77 bits per heavy atom. The van der Waals surface area contributed by atoms with Crippen LogP contribution in [-0.4, -0.2) is 66.4 Å². The molecule has 166 valence electrons. The monoisotopic (exact) mass is 446 g/mol. The molecule has 8 nitrogen and oxygen atoms in total. The predicted molar refractivity (Wildman–Crippen MR) is 115 cm³/mol. The van der Waals surface area contributed by atoms with E-state index in [1.165, 1.54) is 12.1 Å². The molecule has 0 spiro atoms. The van der Waals surface area contributed by atoms with Crippen LogP contribution in [0.25, 0.3) is 10.9 Å². The zero-order valence-electron chi connectivity index (χ0n) is 18.2. The first-order valence-corrected chi connectivity index (χ1v) is 11.3. The van der Waals surface area contributed by atoms with E-state index in [4.69, 9.17) is 4.74 Å². The molecule has 1 N–H and O–H groups in total. The molecular formula is C21H27FN4O4Si. The van der Waals surface area contributed by atoms with Crippen LogP contribution in [0.3, 0.4) is 0 Å². The summed E-state index contributed by atoms with van der Waals surface area (Å²) in [7, 11) is 0.255. The number of hydrogen-bond acceptors (Lipinski definition) is 5. The molecule has 0 unspecified atom stereocenters. The average Bonchev–Trinajstić information content (AvgIpc) is 2.87. The summed E-state index contributed by atoms with van der Waals surface area (Å²) in [4.78, 5) is 46.0. The van der Waals surface area contributed by atoms with Gasteiger partial charge in [-0.25, -0.2) is 14.2 Å². The van der Waals surface area contributed by atoms with Crippen molar-refractivity contribution in [2.45, 2.75) is 51.7 Å². The first-order valence-electron chi connectivity index (χ1n) is 10.2. The van der Waals surface area contributed by atoms with Crippen molar-refractivity contribution in [3.63, 3.8) is 0 Å². The Labute approximate surface area is 182 Å². The van der Waals surface area contributed by atoms with Crippen molar-refractivity contribution in [1.29, 1.82) is 0 Å². The number of aromatic amines is 1. The number of carbonyl (C=O) groups excluding carboxylic acids is 2. The third-order valence-electron chi connectivity index (χ3n) is 4.71. The van der Waals surface area contributed by atoms with Crippen molar-refractivity contribution < 1.29 is 18.7 Å². The van der Waals surface area contributed by atoms with Gasteiger partial charge in [-0.2, -0.15) is 0 Å². The maximum absolute atomic E-state index is 13.3. The average molecular weight is 447 g/mol. The van der Waals surface area contributed by atoms with E-state index >= 15 is 0 Å². The summed E-state index contributed by atoms with van der Waals surface area (Å²) < 4.78 is 20.6. The number of nitrogens with one attached hydrogen (secondary N) is 1. The zero-order valence-corrected chi connectivity index (χ0v) is 19.2. The standard InChI is InChI=1S/C21H27FN4O4Si/c1-13-12-25(20(29)30-21(2,3)4)9-10-26(31-13)18(27)8-7-17-23-16-6-5-14(22)11-15(16)19(28)24-17/h5-6,11,13H,7-10,12H2,1-4H3,(H,23,24,28)/t13-/m0/s1. The lowest BCUT2D eigenvalue weighted by Gasteiger charge is -2.27. The van der Waals surface area contributed by atoms with Gasteiger partial charge in [0.2, 0.25) is 5.91 Å². The third kappa shape index (κ3) is 6.13. The SMILES string of the molecule is C[C@H]1CN(C(=O)OC(C)(C)C)CCN(C(=O)CCc2nc3ccc(F)cc3c(=O)[nH]2)[Si]1. The Morgan fingerprint density at radius 1 is 1.32 bits per heavy atom. The summed E-state index contributed by atoms with van der Waals surface area (Å²) in [5.74, 6) is -0.170. The second kappa shape index (κ2) is 9.17. The van der Waals surface area contributed by atoms with Crippen molar-refractivity contribution in [2.24, 2.45) is 0 Å². The van der Waals surface area contributed by atoms with Gasteiger partial charge in [0, 0.05) is 32.5 Å². The fraction of sp³-hybridized carbons (Fsp3) is 0.524. The number of halogens is 1. The molecular weight excluding hydrogens is 419 g/mol. The van der Waals surface area contributed by atoms with Gasteiger partial charge in [0.05, 0.1) is 10.9 Å². The Morgan fingerprint density at radius 2 is 2.06 bits per heavy atom. The second-order valence-electron chi connectivity index (χ2n) is 8.68. The van der Waals surface area contributed by atoms with E-state index in [2.05, 4.69) is 9.97 Å². The molecule has 10 heteroatoms. The van der Waals surface area contributed by atoms with Gasteiger partial charge in [0.15, 0.2) is 9.68 Å². The maximum atomic E-state index is 13.3. The molecule has 0 bridgehead atoms. The Balaban J connectivity index is 1.62. The molecule has 1 aliphatic rings. The van der Waals surface area contributed by atoms with E-state index in [1.807, 2.05) is 27.7 Å². The van der Waals surface area contributed by atoms with Gasteiger partial charge in [-0.3, -0.25) is 9.59 Å². The quantitative estimate of drug-likeness (QED) is 0.731. The summed E-state index contributed by atoms with van der Waals surface area (Å²) in [6, 6.07) is 3.85. The van der Waals surface area contributed by atoms with Crippen LogP contribution < -0.4 is 5.56 Å². The molecule has 31 heavy (non-hydrogen) atoms. The van der Waals surface area contributed by atoms with Gasteiger partial charge in [0.1, 0.15) is 17.2 Å². The topological polar surface area (TPSA) is 95.6 Å². The van der Waals surface area contributed by atoms with Crippen molar-refractivity contribution in [1.82, 2.24) is 19.4 Å². The van der Waals surface area contributed by atoms with E-state index in [0.717, 1.165) is 6.07 Å². The molecule has 2 radical (unpaired) electrons. The number of fused-ring (bicyclic) bond motifs is 1. The van der Waals surface area contributed by atoms with Gasteiger partial charge in [-0.05, 0) is 44.5 Å². The molecule has 1 aromatic carbocycles. The summed E-state index contributed by atoms with van der Waals surface area (Å²) in [5.41, 5.74) is -0.469. The smallest absolute Gasteiger partial charge is 0.410 e. The fourth-order valence-electron chi connectivity index (χ4n) is 3.34. The molecule has 1 aromatic heterocycles. The van der Waals surface area contributed by atoms with Crippen molar-refractivity contribution in [3.8, 4) is 0 Å². The van der Waals surface area contributed by atoms with Crippen LogP contribution in [0.2, 0.25) is 5.54 Å². The van der Waals surface area contributed by atoms with E-state index in [1.54, 1.807) is 9.47 Å². The van der Waals surface area contributed by atoms with Crippen LogP contribution in [-0.2, 0) is 16.0 Å². The molecule has 0 saturated carbocycles. The van der Waals surface area contributed by atoms with Crippen molar-refractivity contribution in [2.75, 3.05) is 19.6 Å². The molecule has 1 fully saturated rings. The fourth-order valence-corrected chi connectivity index (χ4v) is 4.66. The molecule has 1 saturated heterocycles. The highest BCUT2D eigenvalue weighted by atomic mass is 28.2. The number of aryl methyl sites for hydroxylation is 1. The number of amides is 2. The number of aromatic nitrogens is 2. The van der Waals surface area contributed by atoms with Gasteiger partial charge in [-0.1, -0.05) is 6.92 Å². The maximum Gasteiger partial charge on any atom is 0.410 e. The molecule has 2 amide bonds. The lowest BCUT2D eigenvalue weighted by Crippen LogP contribution is -2.40. The third-order valence-corrected chi connectivity index (χ3v) is 6.12. The molecule has 0 aliphatic carbocycles. The minimum absolute atomic E-state index is 0.0573. The first kappa shape index (κ1) is 22.9. The van der Waals surface area contributed by atoms with Crippen LogP contribution in [0, 0.1) is 5.82 Å². The van der Waals surface area contributed by atoms with Crippen LogP contribution in [0.4, 0.5) is 9.18 Å². The Bertz CT molecular complexity index is 1040. The molecule has 2 aromatic rings. The minimum Gasteiger partial charge on any atom is -0.444 e. The highest BCUT2D eigenvalue weighted by Gasteiger charge is 2.29. The number of H-pyrrole nitrogens is 1. The Hall–Kier alpha value is -2.75. The summed E-state index contributed by atoms with van der Waals surface area (Å²) in [6.45, 7) is 8.86. The lowest BCUT2D eigenvalue weighted by atomic mass is 10.2. The number of ether oxygens (including phenoxy) is 1. The number of rotatable bonds is 3. The van der Waals surface area contributed by atoms with Crippen LogP contribution in [0.15, 0.2) is 23.0 Å². The highest BCUT2D eigenvalue weighted by molar-refractivity contribution is 6.38. The van der Waals surface area contributed by atoms with Gasteiger partial charge in [0.25, 0.3) is 5.56 Å². The molecule has 1 atom stereocenters. The number of hydrogen-bond donors (Lipinski definition) is 1. The van der Waals surface area contributed by atoms with Crippen LogP contribution in [0.1, 0.15) is 39.9 Å². The molecule has 1 aliphatic heterocycles. The molecule has 3 rings (SSSR count). The molecule has 2 heterocycles. The van der Waals surface area contributed by atoms with Crippen LogP contribution in [0.5, 0.6) is 0 Å². The zero-order chi connectivity index (χ0) is 22.8. The highest BCUT2D eigenvalue weighted by Crippen LogP contribution is 2.17. The van der Waals surface area contributed by atoms with Crippen LogP contribution >= 0.6 is 0 Å². The second-order valence-corrected chi connectivity index (χ2v) is 10.5. The number of benzene rings is 1. The summed E-state index contributed by atoms with van der Waals surface area (Å²) in [6.07, 6.45) is 0.0850. The number of nitrogens with zero attached hydrogens (tertiary/aromatic N) is 3. The van der Waals surface area contributed by atoms with E-state index in [0.29, 0.717) is 31.0 Å².